The fourth-order valence-electron chi connectivity index (χ4n) is 1.64. The van der Waals surface area contributed by atoms with E-state index < -0.39 is 11.7 Å². The molecule has 0 atom stereocenters. The van der Waals surface area contributed by atoms with E-state index in [1.54, 1.807) is 0 Å². The molecule has 3 N–H and O–H groups in total. The number of benzene rings is 1. The second-order valence-corrected chi connectivity index (χ2v) is 5.70. The molecule has 0 aliphatic rings. The predicted molar refractivity (Wildman–Crippen MR) is 83.0 cm³/mol. The Morgan fingerprint density at radius 2 is 2.00 bits per heavy atom. The van der Waals surface area contributed by atoms with Gasteiger partial charge in [0.2, 0.25) is 0 Å². The van der Waals surface area contributed by atoms with Crippen LogP contribution in [0.3, 0.4) is 0 Å². The summed E-state index contributed by atoms with van der Waals surface area (Å²) >= 11 is 10.6. The van der Waals surface area contributed by atoms with Crippen LogP contribution in [0.4, 0.5) is 18.9 Å². The van der Waals surface area contributed by atoms with E-state index in [9.17, 15) is 13.2 Å². The van der Waals surface area contributed by atoms with E-state index >= 15 is 0 Å². The number of quaternary nitrogens is 1. The van der Waals surface area contributed by atoms with E-state index in [4.69, 9.17) is 23.8 Å². The molecule has 3 nitrogen and oxygen atoms in total. The lowest BCUT2D eigenvalue weighted by atomic mass is 10.2. The zero-order valence-corrected chi connectivity index (χ0v) is 13.3. The molecule has 8 heteroatoms. The van der Waals surface area contributed by atoms with Gasteiger partial charge in [-0.1, -0.05) is 11.6 Å². The van der Waals surface area contributed by atoms with Crippen LogP contribution in [0, 0.1) is 0 Å². The molecular weight excluding hydrogens is 323 g/mol. The number of halogens is 4. The van der Waals surface area contributed by atoms with Crippen LogP contribution in [0.25, 0.3) is 0 Å². The van der Waals surface area contributed by atoms with Gasteiger partial charge >= 0.3 is 6.18 Å². The number of alkyl halides is 3. The Hall–Kier alpha value is -1.05. The smallest absolute Gasteiger partial charge is 0.362 e. The molecule has 0 unspecified atom stereocenters. The van der Waals surface area contributed by atoms with Gasteiger partial charge in [-0.05, 0) is 30.4 Å². The largest absolute Gasteiger partial charge is 0.417 e. The maximum atomic E-state index is 12.7. The monoisotopic (exact) mass is 340 g/mol. The van der Waals surface area contributed by atoms with E-state index in [1.165, 1.54) is 17.0 Å². The molecule has 1 aromatic rings. The lowest BCUT2D eigenvalue weighted by Gasteiger charge is -2.14. The predicted octanol–water partition coefficient (Wildman–Crippen LogP) is 2.18. The van der Waals surface area contributed by atoms with E-state index in [1.807, 2.05) is 14.1 Å². The summed E-state index contributed by atoms with van der Waals surface area (Å²) in [5.74, 6) is 0. The van der Waals surface area contributed by atoms with Crippen molar-refractivity contribution in [3.63, 3.8) is 0 Å². The first-order valence-electron chi connectivity index (χ1n) is 6.41. The highest BCUT2D eigenvalue weighted by Gasteiger charge is 2.33. The Labute approximate surface area is 132 Å². The van der Waals surface area contributed by atoms with Gasteiger partial charge in [-0.3, -0.25) is 0 Å². The van der Waals surface area contributed by atoms with Gasteiger partial charge in [-0.25, -0.2) is 0 Å². The maximum absolute atomic E-state index is 12.7. The summed E-state index contributed by atoms with van der Waals surface area (Å²) in [4.78, 5) is 1.32. The minimum Gasteiger partial charge on any atom is -0.362 e. The number of rotatable bonds is 5. The van der Waals surface area contributed by atoms with Crippen molar-refractivity contribution in [2.75, 3.05) is 32.5 Å². The van der Waals surface area contributed by atoms with Crippen LogP contribution in [0.1, 0.15) is 12.0 Å². The lowest BCUT2D eigenvalue weighted by molar-refractivity contribution is -0.858. The van der Waals surface area contributed by atoms with Crippen LogP contribution in [-0.4, -0.2) is 32.3 Å². The highest BCUT2D eigenvalue weighted by atomic mass is 35.5. The summed E-state index contributed by atoms with van der Waals surface area (Å²) in [6.07, 6.45) is -3.57. The fraction of sp³-hybridized carbons (Fsp3) is 0.462. The third-order valence-corrected chi connectivity index (χ3v) is 3.24. The zero-order valence-electron chi connectivity index (χ0n) is 11.8. The Balaban J connectivity index is 2.57. The van der Waals surface area contributed by atoms with E-state index in [0.29, 0.717) is 11.7 Å². The van der Waals surface area contributed by atoms with Crippen molar-refractivity contribution in [2.45, 2.75) is 12.6 Å². The van der Waals surface area contributed by atoms with Crippen LogP contribution in [0.2, 0.25) is 5.02 Å². The molecule has 0 saturated heterocycles. The van der Waals surface area contributed by atoms with Crippen LogP contribution < -0.4 is 15.5 Å². The molecule has 0 bridgehead atoms. The van der Waals surface area contributed by atoms with Crippen molar-refractivity contribution in [1.29, 1.82) is 0 Å². The van der Waals surface area contributed by atoms with E-state index in [-0.39, 0.29) is 10.7 Å². The van der Waals surface area contributed by atoms with Gasteiger partial charge in [0.1, 0.15) is 0 Å². The summed E-state index contributed by atoms with van der Waals surface area (Å²) in [5.41, 5.74) is -0.629. The standard InChI is InChI=1S/C13H17ClF3N3S/c1-20(2)7-3-6-18-12(21)19-9-4-5-11(14)10(8-9)13(15,16)17/h4-5,8H,3,6-7H2,1-2H3,(H2,18,19,21)/p+1. The first-order valence-corrected chi connectivity index (χ1v) is 7.19. The number of hydrogen-bond acceptors (Lipinski definition) is 1. The first kappa shape index (κ1) is 18.0. The third-order valence-electron chi connectivity index (χ3n) is 2.67. The van der Waals surface area contributed by atoms with Gasteiger partial charge in [0.25, 0.3) is 0 Å². The van der Waals surface area contributed by atoms with Crippen LogP contribution in [-0.2, 0) is 6.18 Å². The molecule has 0 saturated carbocycles. The summed E-state index contributed by atoms with van der Waals surface area (Å²) in [6.45, 7) is 1.64. The van der Waals surface area contributed by atoms with Gasteiger partial charge in [0.05, 0.1) is 31.2 Å². The van der Waals surface area contributed by atoms with Crippen molar-refractivity contribution >= 4 is 34.6 Å². The molecule has 1 aromatic carbocycles. The molecule has 0 radical (unpaired) electrons. The van der Waals surface area contributed by atoms with E-state index in [2.05, 4.69) is 10.6 Å². The van der Waals surface area contributed by atoms with Gasteiger partial charge in [-0.2, -0.15) is 13.2 Å². The molecule has 0 aromatic heterocycles. The molecule has 0 spiro atoms. The van der Waals surface area contributed by atoms with Crippen LogP contribution >= 0.6 is 23.8 Å². The summed E-state index contributed by atoms with van der Waals surface area (Å²) in [6, 6.07) is 3.60. The summed E-state index contributed by atoms with van der Waals surface area (Å²) < 4.78 is 38.2. The number of thiocarbonyl (C=S) groups is 1. The van der Waals surface area contributed by atoms with Gasteiger partial charge < -0.3 is 15.5 Å². The SMILES string of the molecule is C[NH+](C)CCCNC(=S)Nc1ccc(Cl)c(C(F)(F)F)c1. The summed E-state index contributed by atoms with van der Waals surface area (Å²) in [7, 11) is 4.09. The van der Waals surface area contributed by atoms with Crippen LogP contribution in [0.5, 0.6) is 0 Å². The Morgan fingerprint density at radius 1 is 1.33 bits per heavy atom. The van der Waals surface area contributed by atoms with Crippen molar-refractivity contribution in [1.82, 2.24) is 5.32 Å². The van der Waals surface area contributed by atoms with Crippen molar-refractivity contribution in [2.24, 2.45) is 0 Å². The van der Waals surface area contributed by atoms with Crippen LogP contribution in [0.15, 0.2) is 18.2 Å². The minimum absolute atomic E-state index is 0.252. The third kappa shape index (κ3) is 6.50. The molecule has 0 heterocycles. The average molecular weight is 341 g/mol. The topological polar surface area (TPSA) is 28.5 Å². The van der Waals surface area contributed by atoms with Crippen molar-refractivity contribution in [3.05, 3.63) is 28.8 Å². The quantitative estimate of drug-likeness (QED) is 0.567. The second-order valence-electron chi connectivity index (χ2n) is 4.88. The Bertz CT molecular complexity index is 492. The highest BCUT2D eigenvalue weighted by molar-refractivity contribution is 7.80. The van der Waals surface area contributed by atoms with E-state index in [0.717, 1.165) is 19.0 Å². The molecule has 0 aliphatic heterocycles. The van der Waals surface area contributed by atoms with Crippen molar-refractivity contribution < 1.29 is 18.1 Å². The van der Waals surface area contributed by atoms with Gasteiger partial charge in [0, 0.05) is 18.7 Å². The molecule has 0 fully saturated rings. The van der Waals surface area contributed by atoms with Gasteiger partial charge in [0.15, 0.2) is 5.11 Å². The molecule has 1 rings (SSSR count). The second kappa shape index (κ2) is 7.82. The molecule has 0 aliphatic carbocycles. The Kier molecular flexibility index (Phi) is 6.70. The highest BCUT2D eigenvalue weighted by Crippen LogP contribution is 2.36. The minimum atomic E-state index is -4.49. The molecule has 21 heavy (non-hydrogen) atoms. The van der Waals surface area contributed by atoms with Crippen molar-refractivity contribution in [3.8, 4) is 0 Å². The fourth-order valence-corrected chi connectivity index (χ4v) is 2.08. The summed E-state index contributed by atoms with van der Waals surface area (Å²) in [5, 5.41) is 5.64. The number of hydrogen-bond donors (Lipinski definition) is 3. The zero-order chi connectivity index (χ0) is 16.0. The maximum Gasteiger partial charge on any atom is 0.417 e. The number of nitrogens with one attached hydrogen (secondary N) is 3. The molecular formula is C13H18ClF3N3S+. The number of anilines is 1. The molecule has 118 valence electrons. The average Bonchev–Trinajstić information content (AvgIpc) is 2.35. The normalized spacial score (nSPS) is 11.6. The molecule has 0 amide bonds. The first-order chi connectivity index (χ1) is 9.70. The Morgan fingerprint density at radius 3 is 2.57 bits per heavy atom. The lowest BCUT2D eigenvalue weighted by Crippen LogP contribution is -3.05. The van der Waals surface area contributed by atoms with Gasteiger partial charge in [-0.15, -0.1) is 0 Å².